The first kappa shape index (κ1) is 15.3. The fourth-order valence-corrected chi connectivity index (χ4v) is 2.88. The fourth-order valence-electron chi connectivity index (χ4n) is 2.88. The van der Waals surface area contributed by atoms with Crippen molar-refractivity contribution in [1.82, 2.24) is 14.5 Å². The Labute approximate surface area is 131 Å². The first-order valence-corrected chi connectivity index (χ1v) is 8.09. The molecule has 1 atom stereocenters. The summed E-state index contributed by atoms with van der Waals surface area (Å²) in [6, 6.07) is 4.14. The van der Waals surface area contributed by atoms with Crippen LogP contribution in [-0.2, 0) is 17.8 Å². The van der Waals surface area contributed by atoms with Gasteiger partial charge in [-0.05, 0) is 45.4 Å². The van der Waals surface area contributed by atoms with Crippen LogP contribution >= 0.6 is 0 Å². The van der Waals surface area contributed by atoms with Crippen LogP contribution in [0.25, 0.3) is 0 Å². The van der Waals surface area contributed by atoms with Gasteiger partial charge in [-0.1, -0.05) is 0 Å². The molecule has 0 aliphatic carbocycles. The van der Waals surface area contributed by atoms with E-state index in [1.54, 1.807) is 0 Å². The molecule has 2 aromatic rings. The van der Waals surface area contributed by atoms with Gasteiger partial charge in [0.15, 0.2) is 0 Å². The molecule has 2 aromatic heterocycles. The van der Waals surface area contributed by atoms with Crippen molar-refractivity contribution in [1.29, 1.82) is 0 Å². The number of nitrogens with zero attached hydrogens (tertiary/aromatic N) is 3. The lowest BCUT2D eigenvalue weighted by Gasteiger charge is -2.20. The number of rotatable bonds is 6. The van der Waals surface area contributed by atoms with E-state index in [1.807, 2.05) is 19.3 Å². The van der Waals surface area contributed by atoms with E-state index in [1.165, 1.54) is 12.8 Å². The largest absolute Gasteiger partial charge is 0.462 e. The summed E-state index contributed by atoms with van der Waals surface area (Å²) < 4.78 is 13.9. The summed E-state index contributed by atoms with van der Waals surface area (Å²) in [7, 11) is 2.12. The summed E-state index contributed by atoms with van der Waals surface area (Å²) in [6.07, 6.45) is 7.49. The van der Waals surface area contributed by atoms with Crippen LogP contribution in [0.4, 0.5) is 0 Å². The minimum Gasteiger partial charge on any atom is -0.462 e. The van der Waals surface area contributed by atoms with E-state index in [2.05, 4.69) is 33.6 Å². The molecular weight excluding hydrogens is 278 g/mol. The maximum absolute atomic E-state index is 5.97. The van der Waals surface area contributed by atoms with Gasteiger partial charge in [-0.3, -0.25) is 4.90 Å². The Bertz CT molecular complexity index is 584. The molecule has 5 heteroatoms. The van der Waals surface area contributed by atoms with E-state index in [0.29, 0.717) is 0 Å². The second-order valence-electron chi connectivity index (χ2n) is 6.06. The quantitative estimate of drug-likeness (QED) is 0.822. The number of hydrogen-bond acceptors (Lipinski definition) is 4. The maximum Gasteiger partial charge on any atom is 0.133 e. The Morgan fingerprint density at radius 2 is 2.27 bits per heavy atom. The first-order chi connectivity index (χ1) is 10.7. The second-order valence-corrected chi connectivity index (χ2v) is 6.06. The Kier molecular flexibility index (Phi) is 4.95. The molecule has 1 fully saturated rings. The summed E-state index contributed by atoms with van der Waals surface area (Å²) in [5.41, 5.74) is 0. The first-order valence-electron chi connectivity index (χ1n) is 8.09. The highest BCUT2D eigenvalue weighted by atomic mass is 16.5. The molecule has 0 spiro atoms. The molecular formula is C17H25N3O2. The van der Waals surface area contributed by atoms with Crippen LogP contribution in [0.5, 0.6) is 0 Å². The third kappa shape index (κ3) is 3.78. The zero-order valence-electron chi connectivity index (χ0n) is 13.5. The van der Waals surface area contributed by atoms with Crippen molar-refractivity contribution in [2.75, 3.05) is 20.2 Å². The number of ether oxygens (including phenoxy) is 1. The van der Waals surface area contributed by atoms with Gasteiger partial charge in [-0.25, -0.2) is 4.98 Å². The lowest BCUT2D eigenvalue weighted by molar-refractivity contribution is 0.000922. The van der Waals surface area contributed by atoms with E-state index >= 15 is 0 Å². The molecule has 5 nitrogen and oxygen atoms in total. The van der Waals surface area contributed by atoms with Gasteiger partial charge >= 0.3 is 0 Å². The van der Waals surface area contributed by atoms with Crippen molar-refractivity contribution >= 4 is 0 Å². The highest BCUT2D eigenvalue weighted by molar-refractivity contribution is 5.10. The van der Waals surface area contributed by atoms with Crippen LogP contribution < -0.4 is 0 Å². The SMILES string of the molecule is Cc1nccn1CCN(C)Cc1ccc([C@@H]2CCCCO2)o1. The van der Waals surface area contributed by atoms with Crippen molar-refractivity contribution in [2.24, 2.45) is 0 Å². The maximum atomic E-state index is 5.97. The van der Waals surface area contributed by atoms with Gasteiger partial charge in [0.25, 0.3) is 0 Å². The van der Waals surface area contributed by atoms with Crippen molar-refractivity contribution in [3.8, 4) is 0 Å². The molecule has 3 heterocycles. The standard InChI is InChI=1S/C17H25N3O2/c1-14-18-8-9-20(14)11-10-19(2)13-15-6-7-17(22-15)16-5-3-4-12-21-16/h6-9,16H,3-5,10-13H2,1-2H3/t16-/m0/s1. The molecule has 0 aromatic carbocycles. The van der Waals surface area contributed by atoms with Crippen LogP contribution in [0, 0.1) is 6.92 Å². The topological polar surface area (TPSA) is 43.4 Å². The molecule has 1 saturated heterocycles. The van der Waals surface area contributed by atoms with Crippen molar-refractivity contribution in [3.63, 3.8) is 0 Å². The summed E-state index contributed by atoms with van der Waals surface area (Å²) >= 11 is 0. The van der Waals surface area contributed by atoms with Crippen molar-refractivity contribution in [3.05, 3.63) is 41.9 Å². The second kappa shape index (κ2) is 7.11. The molecule has 0 amide bonds. The molecule has 0 radical (unpaired) electrons. The number of aryl methyl sites for hydroxylation is 1. The van der Waals surface area contributed by atoms with Gasteiger partial charge in [0.05, 0.1) is 6.54 Å². The zero-order chi connectivity index (χ0) is 15.4. The number of furan rings is 1. The molecule has 0 unspecified atom stereocenters. The number of likely N-dealkylation sites (N-methyl/N-ethyl adjacent to an activating group) is 1. The predicted octanol–water partition coefficient (Wildman–Crippen LogP) is 3.16. The summed E-state index contributed by atoms with van der Waals surface area (Å²) in [6.45, 7) is 5.61. The predicted molar refractivity (Wildman–Crippen MR) is 84.6 cm³/mol. The van der Waals surface area contributed by atoms with E-state index in [4.69, 9.17) is 9.15 Å². The lowest BCUT2D eigenvalue weighted by atomic mass is 10.1. The minimum absolute atomic E-state index is 0.154. The molecule has 1 aliphatic rings. The van der Waals surface area contributed by atoms with Crippen LogP contribution in [0.3, 0.4) is 0 Å². The Balaban J connectivity index is 1.50. The average Bonchev–Trinajstić information content (AvgIpc) is 3.15. The average molecular weight is 303 g/mol. The van der Waals surface area contributed by atoms with E-state index in [-0.39, 0.29) is 6.10 Å². The highest BCUT2D eigenvalue weighted by Crippen LogP contribution is 2.29. The van der Waals surface area contributed by atoms with Gasteiger partial charge in [-0.15, -0.1) is 0 Å². The van der Waals surface area contributed by atoms with Gasteiger partial charge in [0.1, 0.15) is 23.4 Å². The summed E-state index contributed by atoms with van der Waals surface area (Å²) in [5.74, 6) is 3.05. The smallest absolute Gasteiger partial charge is 0.133 e. The number of aromatic nitrogens is 2. The molecule has 0 bridgehead atoms. The van der Waals surface area contributed by atoms with E-state index < -0.39 is 0 Å². The van der Waals surface area contributed by atoms with Crippen LogP contribution in [0.1, 0.15) is 42.7 Å². The van der Waals surface area contributed by atoms with Crippen LogP contribution in [-0.4, -0.2) is 34.7 Å². The van der Waals surface area contributed by atoms with Crippen molar-refractivity contribution < 1.29 is 9.15 Å². The van der Waals surface area contributed by atoms with Gasteiger partial charge < -0.3 is 13.7 Å². The molecule has 22 heavy (non-hydrogen) atoms. The van der Waals surface area contributed by atoms with Crippen LogP contribution in [0.2, 0.25) is 0 Å². The summed E-state index contributed by atoms with van der Waals surface area (Å²) in [4.78, 5) is 6.51. The fraction of sp³-hybridized carbons (Fsp3) is 0.588. The lowest BCUT2D eigenvalue weighted by Crippen LogP contribution is -2.22. The zero-order valence-corrected chi connectivity index (χ0v) is 13.5. The minimum atomic E-state index is 0.154. The number of imidazole rings is 1. The molecule has 0 saturated carbocycles. The third-order valence-corrected chi connectivity index (χ3v) is 4.25. The van der Waals surface area contributed by atoms with E-state index in [0.717, 1.165) is 50.0 Å². The van der Waals surface area contributed by atoms with E-state index in [9.17, 15) is 0 Å². The van der Waals surface area contributed by atoms with Crippen LogP contribution in [0.15, 0.2) is 28.9 Å². The van der Waals surface area contributed by atoms with Crippen molar-refractivity contribution in [2.45, 2.75) is 45.4 Å². The normalized spacial score (nSPS) is 19.0. The Morgan fingerprint density at radius 3 is 3.00 bits per heavy atom. The third-order valence-electron chi connectivity index (χ3n) is 4.25. The molecule has 3 rings (SSSR count). The van der Waals surface area contributed by atoms with Gasteiger partial charge in [-0.2, -0.15) is 0 Å². The Morgan fingerprint density at radius 1 is 1.36 bits per heavy atom. The number of hydrogen-bond donors (Lipinski definition) is 0. The highest BCUT2D eigenvalue weighted by Gasteiger charge is 2.19. The molecule has 0 N–H and O–H groups in total. The molecule has 120 valence electrons. The van der Waals surface area contributed by atoms with Gasteiger partial charge in [0, 0.05) is 32.1 Å². The monoisotopic (exact) mass is 303 g/mol. The summed E-state index contributed by atoms with van der Waals surface area (Å²) in [5, 5.41) is 0. The molecule has 1 aliphatic heterocycles. The Hall–Kier alpha value is -1.59. The van der Waals surface area contributed by atoms with Gasteiger partial charge in [0.2, 0.25) is 0 Å².